The van der Waals surface area contributed by atoms with Gasteiger partial charge in [0.25, 0.3) is 0 Å². The van der Waals surface area contributed by atoms with E-state index >= 15 is 0 Å². The van der Waals surface area contributed by atoms with Gasteiger partial charge in [0.2, 0.25) is 0 Å². The lowest BCUT2D eigenvalue weighted by Gasteiger charge is -2.29. The van der Waals surface area contributed by atoms with E-state index in [4.69, 9.17) is 4.74 Å². The van der Waals surface area contributed by atoms with Crippen LogP contribution in [0.1, 0.15) is 54.4 Å². The summed E-state index contributed by atoms with van der Waals surface area (Å²) in [5.74, 6) is 0.189. The number of halogens is 1. The topological polar surface area (TPSA) is 55.4 Å². The number of rotatable bonds is 10. The molecule has 0 saturated carbocycles. The van der Waals surface area contributed by atoms with Gasteiger partial charge in [0.15, 0.2) is 9.84 Å². The lowest BCUT2D eigenvalue weighted by atomic mass is 10.0. The van der Waals surface area contributed by atoms with Crippen LogP contribution in [0.2, 0.25) is 0 Å². The maximum Gasteiger partial charge on any atom is 0.155 e. The summed E-state index contributed by atoms with van der Waals surface area (Å²) in [6, 6.07) is 0. The summed E-state index contributed by atoms with van der Waals surface area (Å²) in [5, 5.41) is 3.23. The number of ether oxygens (including phenoxy) is 1. The molecule has 0 amide bonds. The highest BCUT2D eigenvalue weighted by atomic mass is 79.9. The second kappa shape index (κ2) is 8.11. The highest BCUT2D eigenvalue weighted by molar-refractivity contribution is 9.09. The Balaban J connectivity index is 4.53. The number of alkyl halides is 1. The third kappa shape index (κ3) is 7.38. The van der Waals surface area contributed by atoms with Gasteiger partial charge in [-0.2, -0.15) is 0 Å². The smallest absolute Gasteiger partial charge is 0.155 e. The van der Waals surface area contributed by atoms with E-state index in [1.54, 1.807) is 13.8 Å². The van der Waals surface area contributed by atoms with Crippen LogP contribution in [0.5, 0.6) is 0 Å². The van der Waals surface area contributed by atoms with Gasteiger partial charge in [-0.05, 0) is 54.4 Å². The Morgan fingerprint density at radius 2 is 1.70 bits per heavy atom. The Kier molecular flexibility index (Phi) is 8.25. The molecule has 0 aliphatic heterocycles. The molecule has 20 heavy (non-hydrogen) atoms. The molecule has 122 valence electrons. The van der Waals surface area contributed by atoms with E-state index in [9.17, 15) is 8.42 Å². The van der Waals surface area contributed by atoms with Crippen molar-refractivity contribution in [1.82, 2.24) is 5.32 Å². The zero-order valence-corrected chi connectivity index (χ0v) is 16.0. The summed E-state index contributed by atoms with van der Waals surface area (Å²) in [7, 11) is -3.14. The van der Waals surface area contributed by atoms with Crippen LogP contribution in [-0.2, 0) is 14.6 Å². The maximum atomic E-state index is 12.5. The third-order valence-electron chi connectivity index (χ3n) is 3.54. The number of hydrogen-bond donors (Lipinski definition) is 1. The van der Waals surface area contributed by atoms with E-state index in [0.717, 1.165) is 0 Å². The first-order valence-corrected chi connectivity index (χ1v) is 9.86. The minimum Gasteiger partial charge on any atom is -0.379 e. The molecular formula is C14H30BrNO3S. The molecule has 4 nitrogen and oxygen atoms in total. The normalized spacial score (nSPS) is 14.0. The molecule has 0 unspecified atom stereocenters. The number of sulfone groups is 1. The molecule has 0 rings (SSSR count). The Morgan fingerprint density at radius 1 is 1.15 bits per heavy atom. The molecule has 0 aromatic heterocycles. The second-order valence-electron chi connectivity index (χ2n) is 6.69. The Hall–Kier alpha value is 0.350. The van der Waals surface area contributed by atoms with Crippen LogP contribution in [-0.4, -0.2) is 42.6 Å². The van der Waals surface area contributed by atoms with Crippen molar-refractivity contribution < 1.29 is 13.2 Å². The van der Waals surface area contributed by atoms with Crippen LogP contribution in [0, 0.1) is 0 Å². The molecule has 1 N–H and O–H groups in total. The molecule has 0 spiro atoms. The van der Waals surface area contributed by atoms with Gasteiger partial charge >= 0.3 is 0 Å². The fourth-order valence-corrected chi connectivity index (χ4v) is 4.12. The monoisotopic (exact) mass is 371 g/mol. The fraction of sp³-hybridized carbons (Fsp3) is 1.00. The molecule has 0 radical (unpaired) electrons. The van der Waals surface area contributed by atoms with Gasteiger partial charge in [0, 0.05) is 12.1 Å². The summed E-state index contributed by atoms with van der Waals surface area (Å²) in [5.41, 5.74) is 0.465. The van der Waals surface area contributed by atoms with Gasteiger partial charge in [-0.1, -0.05) is 15.9 Å². The standard InChI is InChI=1S/C14H30BrNO3S/c1-12(2)19-9-7-14(5,6)20(17,18)10-8-13(3,4)16-11-15/h12,16H,7-11H2,1-6H3. The Bertz CT molecular complexity index is 378. The van der Waals surface area contributed by atoms with Crippen molar-refractivity contribution in [2.75, 3.05) is 17.8 Å². The van der Waals surface area contributed by atoms with E-state index in [1.807, 2.05) is 27.7 Å². The second-order valence-corrected chi connectivity index (χ2v) is 10.00. The van der Waals surface area contributed by atoms with Crippen molar-refractivity contribution in [2.45, 2.75) is 70.8 Å². The molecule has 0 aromatic rings. The highest BCUT2D eigenvalue weighted by Crippen LogP contribution is 2.24. The summed E-state index contributed by atoms with van der Waals surface area (Å²) in [6.45, 7) is 12.0. The molecule has 0 saturated heterocycles. The van der Waals surface area contributed by atoms with Crippen LogP contribution in [0.25, 0.3) is 0 Å². The van der Waals surface area contributed by atoms with E-state index in [0.29, 0.717) is 24.9 Å². The summed E-state index contributed by atoms with van der Waals surface area (Å²) in [4.78, 5) is 0. The molecule has 0 aliphatic rings. The predicted octanol–water partition coefficient (Wildman–Crippen LogP) is 3.11. The van der Waals surface area contributed by atoms with Crippen molar-refractivity contribution in [2.24, 2.45) is 0 Å². The first-order valence-electron chi connectivity index (χ1n) is 7.08. The quantitative estimate of drug-likeness (QED) is 0.473. The van der Waals surface area contributed by atoms with Crippen molar-refractivity contribution in [3.05, 3.63) is 0 Å². The first-order chi connectivity index (χ1) is 8.93. The largest absolute Gasteiger partial charge is 0.379 e. The van der Waals surface area contributed by atoms with Crippen LogP contribution in [0.15, 0.2) is 0 Å². The maximum absolute atomic E-state index is 12.5. The van der Waals surface area contributed by atoms with Crippen molar-refractivity contribution >= 4 is 25.8 Å². The molecule has 6 heteroatoms. The van der Waals surface area contributed by atoms with Gasteiger partial charge in [0.05, 0.1) is 22.1 Å². The van der Waals surface area contributed by atoms with E-state index in [-0.39, 0.29) is 17.4 Å². The highest BCUT2D eigenvalue weighted by Gasteiger charge is 2.35. The zero-order valence-electron chi connectivity index (χ0n) is 13.6. The van der Waals surface area contributed by atoms with Crippen molar-refractivity contribution in [1.29, 1.82) is 0 Å². The van der Waals surface area contributed by atoms with Crippen LogP contribution < -0.4 is 5.32 Å². The molecule has 0 bridgehead atoms. The molecule has 0 fully saturated rings. The lowest BCUT2D eigenvalue weighted by Crippen LogP contribution is -2.43. The SMILES string of the molecule is CC(C)OCCC(C)(C)S(=O)(=O)CCC(C)(C)NCBr. The van der Waals surface area contributed by atoms with E-state index in [1.165, 1.54) is 0 Å². The minimum atomic E-state index is -3.14. The van der Waals surface area contributed by atoms with Crippen LogP contribution in [0.4, 0.5) is 0 Å². The minimum absolute atomic E-state index is 0.135. The van der Waals surface area contributed by atoms with Gasteiger partial charge in [-0.3, -0.25) is 0 Å². The van der Waals surface area contributed by atoms with Gasteiger partial charge in [0.1, 0.15) is 0 Å². The fourth-order valence-electron chi connectivity index (χ4n) is 1.63. The first kappa shape index (κ1) is 20.3. The summed E-state index contributed by atoms with van der Waals surface area (Å²) in [6.07, 6.45) is 1.26. The molecule has 0 aromatic carbocycles. The van der Waals surface area contributed by atoms with Gasteiger partial charge < -0.3 is 10.1 Å². The average Bonchev–Trinajstić information content (AvgIpc) is 2.25. The lowest BCUT2D eigenvalue weighted by molar-refractivity contribution is 0.0727. The van der Waals surface area contributed by atoms with Crippen LogP contribution in [0.3, 0.4) is 0 Å². The van der Waals surface area contributed by atoms with Crippen molar-refractivity contribution in [3.63, 3.8) is 0 Å². The van der Waals surface area contributed by atoms with E-state index < -0.39 is 14.6 Å². The molecular weight excluding hydrogens is 342 g/mol. The van der Waals surface area contributed by atoms with Crippen LogP contribution >= 0.6 is 15.9 Å². The summed E-state index contributed by atoms with van der Waals surface area (Å²) >= 11 is 3.32. The Labute approximate surface area is 133 Å². The van der Waals surface area contributed by atoms with Gasteiger partial charge in [-0.25, -0.2) is 8.42 Å². The molecule has 0 aliphatic carbocycles. The third-order valence-corrected chi connectivity index (χ3v) is 6.45. The number of nitrogens with one attached hydrogen (secondary N) is 1. The molecule has 0 heterocycles. The number of hydrogen-bond acceptors (Lipinski definition) is 4. The molecule has 0 atom stereocenters. The average molecular weight is 372 g/mol. The van der Waals surface area contributed by atoms with Crippen molar-refractivity contribution in [3.8, 4) is 0 Å². The zero-order chi connectivity index (χ0) is 16.0. The van der Waals surface area contributed by atoms with Gasteiger partial charge in [-0.15, -0.1) is 0 Å². The summed E-state index contributed by atoms with van der Waals surface area (Å²) < 4.78 is 29.7. The Morgan fingerprint density at radius 3 is 2.15 bits per heavy atom. The predicted molar refractivity (Wildman–Crippen MR) is 89.2 cm³/mol. The van der Waals surface area contributed by atoms with E-state index in [2.05, 4.69) is 21.2 Å².